The molecule has 0 aliphatic rings. The molecule has 0 amide bonds. The molecule has 0 aromatic heterocycles. The van der Waals surface area contributed by atoms with E-state index in [9.17, 15) is 0 Å². The fourth-order valence-corrected chi connectivity index (χ4v) is 0. The summed E-state index contributed by atoms with van der Waals surface area (Å²) in [6.45, 7) is 0. The summed E-state index contributed by atoms with van der Waals surface area (Å²) in [7, 11) is 0. The van der Waals surface area contributed by atoms with Gasteiger partial charge in [-0.1, -0.05) is 0 Å². The van der Waals surface area contributed by atoms with Crippen molar-refractivity contribution in [2.24, 2.45) is 0 Å². The van der Waals surface area contributed by atoms with Gasteiger partial charge in [-0.2, -0.15) is 0 Å². The van der Waals surface area contributed by atoms with E-state index in [0.29, 0.717) is 0 Å². The summed E-state index contributed by atoms with van der Waals surface area (Å²) in [5.74, 6) is 0. The summed E-state index contributed by atoms with van der Waals surface area (Å²) in [4.78, 5) is 0. The summed E-state index contributed by atoms with van der Waals surface area (Å²) in [5, 5.41) is 0. The molecule has 0 aliphatic heterocycles. The summed E-state index contributed by atoms with van der Waals surface area (Å²) in [5.41, 5.74) is 0. The van der Waals surface area contributed by atoms with Gasteiger partial charge in [0, 0.05) is 0 Å². The molecule has 0 aliphatic carbocycles. The second-order valence-electron chi connectivity index (χ2n) is 0. The van der Waals surface area contributed by atoms with E-state index in [1.165, 1.54) is 0 Å². The maximum atomic E-state index is 0. The van der Waals surface area contributed by atoms with Gasteiger partial charge in [0.2, 0.25) is 0 Å². The Labute approximate surface area is 74.6 Å². The van der Waals surface area contributed by atoms with Gasteiger partial charge < -0.3 is 54.9 Å². The third kappa shape index (κ3) is 251. The van der Waals surface area contributed by atoms with Crippen molar-refractivity contribution in [1.29, 1.82) is 0 Å². The third-order valence-corrected chi connectivity index (χ3v) is 0. The van der Waals surface area contributed by atoms with Crippen LogP contribution < -0.4 is 49.4 Å². The van der Waals surface area contributed by atoms with Gasteiger partial charge in [0.25, 0.3) is 0 Å². The normalized spacial score (nSPS) is 0. The van der Waals surface area contributed by atoms with E-state index in [0.717, 1.165) is 0 Å². The molecular formula is H13Cl2N4ORu. The van der Waals surface area contributed by atoms with Crippen LogP contribution >= 0.6 is 0 Å². The molecule has 8 heteroatoms. The minimum Gasteiger partial charge on any atom is -1.00 e. The number of halogens is 2. The van der Waals surface area contributed by atoms with Crippen LogP contribution in [0, 0.1) is 0 Å². The van der Waals surface area contributed by atoms with E-state index < -0.39 is 0 Å². The van der Waals surface area contributed by atoms with Gasteiger partial charge in [0.15, 0.2) is 0 Å². The first-order valence-corrected chi connectivity index (χ1v) is 0. The van der Waals surface area contributed by atoms with Crippen molar-refractivity contribution in [2.75, 3.05) is 0 Å². The molecule has 13 N–H and O–H groups in total. The first-order valence-electron chi connectivity index (χ1n) is 0. The van der Waals surface area contributed by atoms with Crippen LogP contribution in [0.3, 0.4) is 0 Å². The van der Waals surface area contributed by atoms with Crippen LogP contribution in [0.15, 0.2) is 0 Å². The molecule has 0 saturated carbocycles. The zero-order valence-electron chi connectivity index (χ0n) is 4.39. The van der Waals surface area contributed by atoms with Crippen molar-refractivity contribution in [3.63, 3.8) is 0 Å². The number of hydrogen-bond donors (Lipinski definition) is 4. The van der Waals surface area contributed by atoms with Gasteiger partial charge in [0.1, 0.15) is 0 Å². The van der Waals surface area contributed by atoms with Crippen molar-refractivity contribution in [2.45, 2.75) is 0 Å². The van der Waals surface area contributed by atoms with E-state index in [4.69, 9.17) is 0 Å². The van der Waals surface area contributed by atoms with Gasteiger partial charge in [0.05, 0.1) is 0 Å². The molecule has 0 atom stereocenters. The maximum absolute atomic E-state index is 0. The van der Waals surface area contributed by atoms with Crippen LogP contribution in [0.1, 0.15) is 0 Å². The minimum atomic E-state index is 0. The minimum absolute atomic E-state index is 0. The van der Waals surface area contributed by atoms with Gasteiger partial charge in [-0.3, -0.25) is 0 Å². The van der Waals surface area contributed by atoms with Crippen molar-refractivity contribution in [1.82, 2.24) is 24.6 Å². The molecule has 0 spiro atoms. The molecule has 0 bridgehead atoms. The Morgan fingerprint density at radius 3 is 0.500 bits per heavy atom. The van der Waals surface area contributed by atoms with Gasteiger partial charge >= 0.3 is 19.5 Å². The summed E-state index contributed by atoms with van der Waals surface area (Å²) in [6, 6.07) is 0. The Balaban J connectivity index is 0. The smallest absolute Gasteiger partial charge is 1.00 e. The van der Waals surface area contributed by atoms with Crippen molar-refractivity contribution >= 4 is 0 Å². The summed E-state index contributed by atoms with van der Waals surface area (Å²) < 4.78 is 0. The third-order valence-electron chi connectivity index (χ3n) is 0. The Morgan fingerprint density at radius 1 is 0.500 bits per heavy atom. The summed E-state index contributed by atoms with van der Waals surface area (Å²) in [6.07, 6.45) is 0. The van der Waals surface area contributed by atoms with E-state index in [1.54, 1.807) is 0 Å². The molecule has 5 nitrogen and oxygen atoms in total. The van der Waals surface area contributed by atoms with Crippen LogP contribution in [0.5, 0.6) is 0 Å². The average molecular weight is 257 g/mol. The second kappa shape index (κ2) is 390. The Hall–Kier alpha value is 1.00. The number of rotatable bonds is 0. The molecule has 0 saturated heterocycles. The molecule has 0 unspecified atom stereocenters. The topological polar surface area (TPSA) is 170 Å². The first kappa shape index (κ1) is 573. The zero-order chi connectivity index (χ0) is 0. The molecule has 0 fully saturated rings. The standard InChI is InChI=1S/2ClH.4H3N.H2O.Ru/h2*1H;4*1H3;1H2;/q;;;;;;;+3/p-3. The van der Waals surface area contributed by atoms with Crippen LogP contribution in [0.4, 0.5) is 0 Å². The van der Waals surface area contributed by atoms with Crippen LogP contribution in [-0.2, 0) is 19.5 Å². The monoisotopic (exact) mass is 257 g/mol. The van der Waals surface area contributed by atoms with Crippen molar-refractivity contribution < 1.29 is 49.8 Å². The Kier molecular flexibility index (Phi) is 27900. The molecule has 61 valence electrons. The van der Waals surface area contributed by atoms with Gasteiger partial charge in [-0.25, -0.2) is 0 Å². The van der Waals surface area contributed by atoms with E-state index in [2.05, 4.69) is 0 Å². The van der Waals surface area contributed by atoms with Crippen LogP contribution in [0.25, 0.3) is 0 Å². The van der Waals surface area contributed by atoms with Crippen LogP contribution in [0.2, 0.25) is 0 Å². The largest absolute Gasteiger partial charge is 3.00 e. The van der Waals surface area contributed by atoms with E-state index in [1.807, 2.05) is 0 Å². The predicted molar refractivity (Wildman–Crippen MR) is 22.0 cm³/mol. The van der Waals surface area contributed by atoms with Crippen molar-refractivity contribution in [3.05, 3.63) is 0 Å². The van der Waals surface area contributed by atoms with Crippen molar-refractivity contribution in [3.8, 4) is 0 Å². The predicted octanol–water partition coefficient (Wildman–Crippen LogP) is -5.52. The summed E-state index contributed by atoms with van der Waals surface area (Å²) >= 11 is 0. The molecule has 0 heterocycles. The Morgan fingerprint density at radius 2 is 0.500 bits per heavy atom. The maximum Gasteiger partial charge on any atom is 3.00 e. The zero-order valence-corrected chi connectivity index (χ0v) is 7.64. The van der Waals surface area contributed by atoms with Gasteiger partial charge in [-0.05, 0) is 0 Å². The molecular weight excluding hydrogens is 244 g/mol. The number of hydrogen-bond acceptors (Lipinski definition) is 5. The fraction of sp³-hybridized carbons (Fsp3) is 0. The molecule has 0 aromatic carbocycles. The van der Waals surface area contributed by atoms with Gasteiger partial charge in [-0.15, -0.1) is 0 Å². The van der Waals surface area contributed by atoms with E-state index >= 15 is 0 Å². The molecule has 8 heavy (non-hydrogen) atoms. The quantitative estimate of drug-likeness (QED) is 0.316. The molecule has 1 radical (unpaired) electrons. The SMILES string of the molecule is N.N.N.N.[Cl-].[Cl-].[OH-].[Ru+3]. The Bertz CT molecular complexity index is 14.0. The molecule has 0 aromatic rings. The first-order chi connectivity index (χ1) is 0. The molecule has 0 rings (SSSR count). The second-order valence-corrected chi connectivity index (χ2v) is 0. The average Bonchev–Trinajstić information content (AvgIpc) is 0. The fourth-order valence-electron chi connectivity index (χ4n) is 0. The van der Waals surface area contributed by atoms with E-state index in [-0.39, 0.29) is 74.4 Å². The van der Waals surface area contributed by atoms with Crippen LogP contribution in [-0.4, -0.2) is 5.48 Å².